The smallest absolute Gasteiger partial charge is 0.304 e. The van der Waals surface area contributed by atoms with E-state index < -0.39 is 5.97 Å². The molecular weight excluding hydrogens is 504 g/mol. The second-order valence-electron chi connectivity index (χ2n) is 10.9. The standard InChI is InChI=1S/C32H34N4O4/c1-4-5-21-8-9-26(31-25(21)13-15-40-31)32(39)36-14-12-20-6-7-22(16-23(20)18-36)27(17-29(37)38)24-10-11-28-30(19(24)2)33-34-35(28)3/h6-11,16,27H,4-5,12-15,17-18H2,1-3H3,(H,37,38). The fraction of sp³-hybridized carbons (Fsp3) is 0.375. The van der Waals surface area contributed by atoms with Crippen LogP contribution < -0.4 is 4.74 Å². The second kappa shape index (κ2) is 10.4. The highest BCUT2D eigenvalue weighted by molar-refractivity contribution is 5.98. The van der Waals surface area contributed by atoms with Crippen LogP contribution in [-0.4, -0.2) is 50.0 Å². The molecule has 2 aliphatic rings. The summed E-state index contributed by atoms with van der Waals surface area (Å²) in [6, 6.07) is 14.2. The van der Waals surface area contributed by atoms with Crippen LogP contribution in [-0.2, 0) is 37.6 Å². The van der Waals surface area contributed by atoms with Crippen LogP contribution in [0.2, 0.25) is 0 Å². The van der Waals surface area contributed by atoms with Gasteiger partial charge in [0.25, 0.3) is 5.91 Å². The molecule has 0 radical (unpaired) electrons. The number of aliphatic carboxylic acids is 1. The van der Waals surface area contributed by atoms with E-state index in [1.807, 2.05) is 43.1 Å². The monoisotopic (exact) mass is 538 g/mol. The number of ether oxygens (including phenoxy) is 1. The average Bonchev–Trinajstić information content (AvgIpc) is 3.59. The van der Waals surface area contributed by atoms with Crippen LogP contribution in [0.25, 0.3) is 11.0 Å². The van der Waals surface area contributed by atoms with E-state index in [2.05, 4.69) is 35.4 Å². The van der Waals surface area contributed by atoms with Gasteiger partial charge in [-0.1, -0.05) is 48.9 Å². The molecule has 8 nitrogen and oxygen atoms in total. The van der Waals surface area contributed by atoms with Crippen molar-refractivity contribution in [1.29, 1.82) is 0 Å². The molecule has 40 heavy (non-hydrogen) atoms. The Labute approximate surface area is 233 Å². The summed E-state index contributed by atoms with van der Waals surface area (Å²) in [7, 11) is 1.85. The van der Waals surface area contributed by atoms with Gasteiger partial charge in [0.2, 0.25) is 0 Å². The number of carboxylic acids is 1. The maximum absolute atomic E-state index is 13.7. The van der Waals surface area contributed by atoms with Crippen molar-refractivity contribution in [3.63, 3.8) is 0 Å². The van der Waals surface area contributed by atoms with Crippen molar-refractivity contribution in [3.8, 4) is 5.75 Å². The molecule has 8 heteroatoms. The number of benzene rings is 3. The van der Waals surface area contributed by atoms with Gasteiger partial charge < -0.3 is 14.7 Å². The molecule has 1 amide bonds. The minimum Gasteiger partial charge on any atom is -0.492 e. The van der Waals surface area contributed by atoms with Gasteiger partial charge in [-0.15, -0.1) is 5.10 Å². The fourth-order valence-electron chi connectivity index (χ4n) is 6.38. The molecule has 0 spiro atoms. The van der Waals surface area contributed by atoms with Gasteiger partial charge in [0.15, 0.2) is 0 Å². The number of hydrogen-bond acceptors (Lipinski definition) is 5. The minimum absolute atomic E-state index is 0.0108. The Morgan fingerprint density at radius 2 is 1.95 bits per heavy atom. The van der Waals surface area contributed by atoms with Crippen molar-refractivity contribution in [2.75, 3.05) is 13.2 Å². The molecule has 0 fully saturated rings. The van der Waals surface area contributed by atoms with Gasteiger partial charge in [-0.3, -0.25) is 9.59 Å². The molecule has 1 unspecified atom stereocenters. The number of amides is 1. The lowest BCUT2D eigenvalue weighted by Gasteiger charge is -2.30. The number of carbonyl (C=O) groups is 2. The number of aryl methyl sites for hydroxylation is 3. The fourth-order valence-corrected chi connectivity index (χ4v) is 6.38. The summed E-state index contributed by atoms with van der Waals surface area (Å²) in [5, 5.41) is 18.3. The summed E-state index contributed by atoms with van der Waals surface area (Å²) in [5.74, 6) is -0.461. The van der Waals surface area contributed by atoms with E-state index in [0.29, 0.717) is 25.3 Å². The molecule has 1 N–H and O–H groups in total. The van der Waals surface area contributed by atoms with E-state index in [1.54, 1.807) is 4.68 Å². The van der Waals surface area contributed by atoms with Crippen molar-refractivity contribution >= 4 is 22.9 Å². The van der Waals surface area contributed by atoms with E-state index in [4.69, 9.17) is 4.74 Å². The van der Waals surface area contributed by atoms with Crippen LogP contribution in [0.4, 0.5) is 0 Å². The quantitative estimate of drug-likeness (QED) is 0.357. The molecule has 6 rings (SSSR count). The van der Waals surface area contributed by atoms with Crippen LogP contribution in [0.1, 0.15) is 75.0 Å². The molecule has 2 aliphatic heterocycles. The molecule has 4 aromatic rings. The highest BCUT2D eigenvalue weighted by atomic mass is 16.5. The average molecular weight is 539 g/mol. The Bertz CT molecular complexity index is 1640. The number of rotatable bonds is 7. The number of aromatic nitrogens is 3. The first-order valence-electron chi connectivity index (χ1n) is 14.0. The Hall–Kier alpha value is -4.20. The summed E-state index contributed by atoms with van der Waals surface area (Å²) in [6.45, 7) is 5.88. The van der Waals surface area contributed by atoms with Crippen LogP contribution >= 0.6 is 0 Å². The van der Waals surface area contributed by atoms with Crippen molar-refractivity contribution in [3.05, 3.63) is 87.0 Å². The third kappa shape index (κ3) is 4.51. The first-order chi connectivity index (χ1) is 19.4. The lowest BCUT2D eigenvalue weighted by Crippen LogP contribution is -2.36. The first kappa shape index (κ1) is 26.0. The third-order valence-electron chi connectivity index (χ3n) is 8.47. The van der Waals surface area contributed by atoms with Crippen molar-refractivity contribution in [1.82, 2.24) is 19.9 Å². The van der Waals surface area contributed by atoms with Crippen molar-refractivity contribution in [2.45, 2.75) is 58.4 Å². The number of hydrogen-bond donors (Lipinski definition) is 1. The minimum atomic E-state index is -0.862. The molecule has 3 heterocycles. The van der Waals surface area contributed by atoms with Gasteiger partial charge in [0.1, 0.15) is 11.3 Å². The topological polar surface area (TPSA) is 97.5 Å². The Morgan fingerprint density at radius 1 is 1.10 bits per heavy atom. The normalized spacial score (nSPS) is 15.0. The van der Waals surface area contributed by atoms with E-state index >= 15 is 0 Å². The number of fused-ring (bicyclic) bond motifs is 3. The molecule has 206 valence electrons. The van der Waals surface area contributed by atoms with E-state index in [9.17, 15) is 14.7 Å². The van der Waals surface area contributed by atoms with Crippen molar-refractivity contribution < 1.29 is 19.4 Å². The van der Waals surface area contributed by atoms with Gasteiger partial charge in [-0.05, 0) is 65.3 Å². The molecule has 0 aliphatic carbocycles. The zero-order chi connectivity index (χ0) is 28.0. The molecular formula is C32H34N4O4. The van der Waals surface area contributed by atoms with E-state index in [0.717, 1.165) is 64.7 Å². The molecule has 1 aromatic heterocycles. The van der Waals surface area contributed by atoms with Gasteiger partial charge >= 0.3 is 5.97 Å². The summed E-state index contributed by atoms with van der Waals surface area (Å²) in [6.07, 6.45) is 3.61. The molecule has 1 atom stereocenters. The lowest BCUT2D eigenvalue weighted by atomic mass is 9.83. The maximum atomic E-state index is 13.7. The first-order valence-corrected chi connectivity index (χ1v) is 14.0. The zero-order valence-corrected chi connectivity index (χ0v) is 23.2. The summed E-state index contributed by atoms with van der Waals surface area (Å²) in [4.78, 5) is 27.6. The lowest BCUT2D eigenvalue weighted by molar-refractivity contribution is -0.137. The summed E-state index contributed by atoms with van der Waals surface area (Å²) < 4.78 is 7.69. The Kier molecular flexibility index (Phi) is 6.78. The van der Waals surface area contributed by atoms with Gasteiger partial charge in [-0.25, -0.2) is 4.68 Å². The van der Waals surface area contributed by atoms with Crippen LogP contribution in [0, 0.1) is 6.92 Å². The molecule has 0 bridgehead atoms. The largest absolute Gasteiger partial charge is 0.492 e. The summed E-state index contributed by atoms with van der Waals surface area (Å²) >= 11 is 0. The predicted octanol–water partition coefficient (Wildman–Crippen LogP) is 4.97. The van der Waals surface area contributed by atoms with Crippen LogP contribution in [0.5, 0.6) is 5.75 Å². The third-order valence-corrected chi connectivity index (χ3v) is 8.47. The van der Waals surface area contributed by atoms with Crippen LogP contribution in [0.3, 0.4) is 0 Å². The maximum Gasteiger partial charge on any atom is 0.304 e. The Balaban J connectivity index is 1.32. The Morgan fingerprint density at radius 3 is 2.75 bits per heavy atom. The van der Waals surface area contributed by atoms with E-state index in [1.165, 1.54) is 16.7 Å². The van der Waals surface area contributed by atoms with Gasteiger partial charge in [0.05, 0.1) is 24.1 Å². The molecule has 0 saturated carbocycles. The summed E-state index contributed by atoms with van der Waals surface area (Å²) in [5.41, 5.74) is 9.84. The number of carboxylic acid groups (broad SMARTS) is 1. The van der Waals surface area contributed by atoms with Gasteiger partial charge in [-0.2, -0.15) is 0 Å². The second-order valence-corrected chi connectivity index (χ2v) is 10.9. The predicted molar refractivity (Wildman–Crippen MR) is 152 cm³/mol. The molecule has 0 saturated heterocycles. The SMILES string of the molecule is CCCc1ccc(C(=O)N2CCc3ccc(C(CC(=O)O)c4ccc5c(nnn5C)c4C)cc3C2)c2c1CCO2. The van der Waals surface area contributed by atoms with Crippen molar-refractivity contribution in [2.24, 2.45) is 7.05 Å². The molecule has 3 aromatic carbocycles. The zero-order valence-electron chi connectivity index (χ0n) is 23.2. The highest BCUT2D eigenvalue weighted by Crippen LogP contribution is 2.37. The number of nitrogens with zero attached hydrogens (tertiary/aromatic N) is 4. The van der Waals surface area contributed by atoms with Crippen LogP contribution in [0.15, 0.2) is 42.5 Å². The van der Waals surface area contributed by atoms with Gasteiger partial charge in [0, 0.05) is 38.0 Å². The number of carbonyl (C=O) groups excluding carboxylic acids is 1. The van der Waals surface area contributed by atoms with E-state index in [-0.39, 0.29) is 18.2 Å². The highest BCUT2D eigenvalue weighted by Gasteiger charge is 2.29.